The van der Waals surface area contributed by atoms with Crippen LogP contribution in [0.2, 0.25) is 10.0 Å². The van der Waals surface area contributed by atoms with Crippen LogP contribution in [0.3, 0.4) is 0 Å². The molecule has 0 amide bonds. The first-order valence-corrected chi connectivity index (χ1v) is 8.23. The Bertz CT molecular complexity index is 707. The summed E-state index contributed by atoms with van der Waals surface area (Å²) in [4.78, 5) is 0. The van der Waals surface area contributed by atoms with E-state index in [-0.39, 0.29) is 6.04 Å². The number of methoxy groups -OCH3 is 3. The molecule has 1 unspecified atom stereocenters. The molecule has 0 saturated carbocycles. The molecule has 4 nitrogen and oxygen atoms in total. The summed E-state index contributed by atoms with van der Waals surface area (Å²) in [5.41, 5.74) is 1.95. The average Bonchev–Trinajstić information content (AvgIpc) is 2.58. The third-order valence-electron chi connectivity index (χ3n) is 3.81. The number of nitrogens with one attached hydrogen (secondary N) is 1. The third kappa shape index (κ3) is 4.07. The summed E-state index contributed by atoms with van der Waals surface area (Å²) in [6.45, 7) is 2.63. The second-order valence-electron chi connectivity index (χ2n) is 5.26. The van der Waals surface area contributed by atoms with Crippen LogP contribution in [0.25, 0.3) is 0 Å². The molecule has 0 aliphatic heterocycles. The van der Waals surface area contributed by atoms with E-state index in [1.807, 2.05) is 31.2 Å². The molecule has 0 saturated heterocycles. The molecule has 0 radical (unpaired) electrons. The van der Waals surface area contributed by atoms with Gasteiger partial charge in [-0.05, 0) is 30.7 Å². The Kier molecular flexibility index (Phi) is 6.60. The molecular formula is C18H21Cl2NO3. The van der Waals surface area contributed by atoms with E-state index in [0.717, 1.165) is 11.1 Å². The maximum atomic E-state index is 6.27. The molecule has 2 aromatic carbocycles. The van der Waals surface area contributed by atoms with Gasteiger partial charge in [-0.1, -0.05) is 35.3 Å². The maximum absolute atomic E-state index is 6.27. The van der Waals surface area contributed by atoms with Crippen molar-refractivity contribution >= 4 is 23.2 Å². The molecule has 0 aromatic heterocycles. The number of hydrogen-bond donors (Lipinski definition) is 1. The first-order chi connectivity index (χ1) is 11.5. The number of rotatable bonds is 7. The normalized spacial score (nSPS) is 11.9. The lowest BCUT2D eigenvalue weighted by Crippen LogP contribution is -2.19. The predicted octanol–water partition coefficient (Wildman–Crippen LogP) is 4.87. The van der Waals surface area contributed by atoms with Crippen molar-refractivity contribution in [3.8, 4) is 17.2 Å². The van der Waals surface area contributed by atoms with E-state index >= 15 is 0 Å². The van der Waals surface area contributed by atoms with E-state index in [1.54, 1.807) is 27.4 Å². The van der Waals surface area contributed by atoms with Crippen LogP contribution in [0.1, 0.15) is 24.1 Å². The van der Waals surface area contributed by atoms with Gasteiger partial charge in [0, 0.05) is 28.2 Å². The van der Waals surface area contributed by atoms with E-state index in [0.29, 0.717) is 33.8 Å². The topological polar surface area (TPSA) is 39.7 Å². The first kappa shape index (κ1) is 18.7. The van der Waals surface area contributed by atoms with E-state index in [2.05, 4.69) is 5.32 Å². The summed E-state index contributed by atoms with van der Waals surface area (Å²) < 4.78 is 16.2. The van der Waals surface area contributed by atoms with E-state index in [1.165, 1.54) is 0 Å². The van der Waals surface area contributed by atoms with E-state index < -0.39 is 0 Å². The highest BCUT2D eigenvalue weighted by molar-refractivity contribution is 6.35. The van der Waals surface area contributed by atoms with Crippen molar-refractivity contribution in [2.24, 2.45) is 0 Å². The van der Waals surface area contributed by atoms with Crippen molar-refractivity contribution in [1.82, 2.24) is 5.32 Å². The van der Waals surface area contributed by atoms with E-state index in [4.69, 9.17) is 37.4 Å². The number of benzene rings is 2. The van der Waals surface area contributed by atoms with Crippen molar-refractivity contribution in [3.63, 3.8) is 0 Å². The zero-order valence-corrected chi connectivity index (χ0v) is 15.7. The third-order valence-corrected chi connectivity index (χ3v) is 4.38. The van der Waals surface area contributed by atoms with E-state index in [9.17, 15) is 0 Å². The molecule has 0 aliphatic carbocycles. The minimum Gasteiger partial charge on any atom is -0.493 e. The van der Waals surface area contributed by atoms with Crippen molar-refractivity contribution in [2.45, 2.75) is 19.5 Å². The molecule has 1 N–H and O–H groups in total. The van der Waals surface area contributed by atoms with Crippen molar-refractivity contribution in [3.05, 3.63) is 51.5 Å². The number of ether oxygens (including phenoxy) is 3. The van der Waals surface area contributed by atoms with Crippen molar-refractivity contribution in [1.29, 1.82) is 0 Å². The standard InChI is InChI=1S/C18H21Cl2NO3/c1-11(14-7-6-13(19)9-15(14)20)21-10-12-5-8-16(22-2)18(24-4)17(12)23-3/h5-9,11,21H,10H2,1-4H3. The molecule has 2 rings (SSSR count). The number of hydrogen-bond acceptors (Lipinski definition) is 4. The van der Waals surface area contributed by atoms with Crippen LogP contribution < -0.4 is 19.5 Å². The first-order valence-electron chi connectivity index (χ1n) is 7.48. The fourth-order valence-electron chi connectivity index (χ4n) is 2.53. The highest BCUT2D eigenvalue weighted by Gasteiger charge is 2.17. The largest absolute Gasteiger partial charge is 0.493 e. The lowest BCUT2D eigenvalue weighted by Gasteiger charge is -2.19. The highest BCUT2D eigenvalue weighted by atomic mass is 35.5. The van der Waals surface area contributed by atoms with Crippen LogP contribution in [0.4, 0.5) is 0 Å². The van der Waals surface area contributed by atoms with Gasteiger partial charge in [0.05, 0.1) is 21.3 Å². The van der Waals surface area contributed by atoms with Crippen LogP contribution in [-0.2, 0) is 6.54 Å². The van der Waals surface area contributed by atoms with Gasteiger partial charge in [-0.2, -0.15) is 0 Å². The Morgan fingerprint density at radius 3 is 2.25 bits per heavy atom. The Labute approximate surface area is 152 Å². The number of halogens is 2. The molecule has 0 heterocycles. The molecular weight excluding hydrogens is 349 g/mol. The second kappa shape index (κ2) is 8.47. The lowest BCUT2D eigenvalue weighted by molar-refractivity contribution is 0.321. The monoisotopic (exact) mass is 369 g/mol. The fourth-order valence-corrected chi connectivity index (χ4v) is 3.10. The summed E-state index contributed by atoms with van der Waals surface area (Å²) in [6.07, 6.45) is 0. The van der Waals surface area contributed by atoms with Crippen LogP contribution >= 0.6 is 23.2 Å². The van der Waals surface area contributed by atoms with Crippen LogP contribution in [0.15, 0.2) is 30.3 Å². The molecule has 130 valence electrons. The molecule has 24 heavy (non-hydrogen) atoms. The smallest absolute Gasteiger partial charge is 0.203 e. The van der Waals surface area contributed by atoms with Gasteiger partial charge < -0.3 is 19.5 Å². The van der Waals surface area contributed by atoms with Gasteiger partial charge in [0.2, 0.25) is 5.75 Å². The van der Waals surface area contributed by atoms with Crippen LogP contribution in [0.5, 0.6) is 17.2 Å². The average molecular weight is 370 g/mol. The molecule has 1 atom stereocenters. The predicted molar refractivity (Wildman–Crippen MR) is 97.8 cm³/mol. The molecule has 0 aliphatic rings. The second-order valence-corrected chi connectivity index (χ2v) is 6.11. The zero-order valence-electron chi connectivity index (χ0n) is 14.2. The molecule has 0 bridgehead atoms. The quantitative estimate of drug-likeness (QED) is 0.755. The molecule has 6 heteroatoms. The van der Waals surface area contributed by atoms with Gasteiger partial charge in [0.25, 0.3) is 0 Å². The minimum absolute atomic E-state index is 0.0487. The Morgan fingerprint density at radius 1 is 0.958 bits per heavy atom. The Hall–Kier alpha value is -1.62. The zero-order chi connectivity index (χ0) is 17.7. The summed E-state index contributed by atoms with van der Waals surface area (Å²) in [7, 11) is 4.80. The van der Waals surface area contributed by atoms with Crippen molar-refractivity contribution in [2.75, 3.05) is 21.3 Å². The highest BCUT2D eigenvalue weighted by Crippen LogP contribution is 2.40. The van der Waals surface area contributed by atoms with Gasteiger partial charge >= 0.3 is 0 Å². The van der Waals surface area contributed by atoms with Gasteiger partial charge in [-0.25, -0.2) is 0 Å². The fraction of sp³-hybridized carbons (Fsp3) is 0.333. The minimum atomic E-state index is 0.0487. The van der Waals surface area contributed by atoms with Gasteiger partial charge in [-0.15, -0.1) is 0 Å². The Balaban J connectivity index is 2.19. The SMILES string of the molecule is COc1ccc(CNC(C)c2ccc(Cl)cc2Cl)c(OC)c1OC. The van der Waals surface area contributed by atoms with Crippen molar-refractivity contribution < 1.29 is 14.2 Å². The summed E-state index contributed by atoms with van der Waals surface area (Å²) in [5, 5.41) is 4.70. The summed E-state index contributed by atoms with van der Waals surface area (Å²) in [6, 6.07) is 9.36. The van der Waals surface area contributed by atoms with Gasteiger partial charge in [-0.3, -0.25) is 0 Å². The molecule has 0 fully saturated rings. The molecule has 0 spiro atoms. The molecule has 2 aromatic rings. The van der Waals surface area contributed by atoms with Gasteiger partial charge in [0.1, 0.15) is 0 Å². The maximum Gasteiger partial charge on any atom is 0.203 e. The lowest BCUT2D eigenvalue weighted by atomic mass is 10.1. The Morgan fingerprint density at radius 2 is 1.67 bits per heavy atom. The van der Waals surface area contributed by atoms with Crippen LogP contribution in [-0.4, -0.2) is 21.3 Å². The van der Waals surface area contributed by atoms with Gasteiger partial charge in [0.15, 0.2) is 11.5 Å². The van der Waals surface area contributed by atoms with Crippen LogP contribution in [0, 0.1) is 0 Å². The summed E-state index contributed by atoms with van der Waals surface area (Å²) >= 11 is 12.2. The summed E-state index contributed by atoms with van der Waals surface area (Å²) in [5.74, 6) is 1.86.